The monoisotopic (exact) mass is 168 g/mol. The molecule has 2 atom stereocenters. The van der Waals surface area contributed by atoms with E-state index in [1.54, 1.807) is 0 Å². The minimum Gasteiger partial charge on any atom is -0.345 e. The molecule has 0 saturated heterocycles. The van der Waals surface area contributed by atoms with Crippen LogP contribution in [0.1, 0.15) is 17.0 Å². The summed E-state index contributed by atoms with van der Waals surface area (Å²) in [6.07, 6.45) is 0.823. The van der Waals surface area contributed by atoms with Crippen LogP contribution in [0.2, 0.25) is 0 Å². The maximum Gasteiger partial charge on any atom is 0.293 e. The molecule has 1 saturated carbocycles. The van der Waals surface area contributed by atoms with Gasteiger partial charge in [-0.05, 0) is 11.6 Å². The predicted octanol–water partition coefficient (Wildman–Crippen LogP) is -1.97. The summed E-state index contributed by atoms with van der Waals surface area (Å²) in [5.74, 6) is -0.282. The number of carbonyl (C=O) groups is 1. The quantitative estimate of drug-likeness (QED) is 0.474. The molecule has 1 heterocycles. The van der Waals surface area contributed by atoms with Crippen LogP contribution in [-0.4, -0.2) is 38.6 Å². The summed E-state index contributed by atoms with van der Waals surface area (Å²) in [5.41, 5.74) is 5.49. The molecule has 1 amide bonds. The number of aromatic nitrogens is 4. The molecule has 2 unspecified atom stereocenters. The van der Waals surface area contributed by atoms with Crippen LogP contribution in [0.3, 0.4) is 0 Å². The summed E-state index contributed by atoms with van der Waals surface area (Å²) in [4.78, 5) is 11.2. The molecule has 4 N–H and O–H groups in total. The highest BCUT2D eigenvalue weighted by Crippen LogP contribution is 2.17. The van der Waals surface area contributed by atoms with Gasteiger partial charge < -0.3 is 11.1 Å². The summed E-state index contributed by atoms with van der Waals surface area (Å²) >= 11 is 0. The molecule has 0 aliphatic heterocycles. The van der Waals surface area contributed by atoms with Crippen molar-refractivity contribution >= 4 is 5.91 Å². The van der Waals surface area contributed by atoms with E-state index >= 15 is 0 Å². The van der Waals surface area contributed by atoms with Crippen molar-refractivity contribution in [2.75, 3.05) is 0 Å². The van der Waals surface area contributed by atoms with Gasteiger partial charge in [0.2, 0.25) is 0 Å². The van der Waals surface area contributed by atoms with E-state index in [1.807, 2.05) is 0 Å². The van der Waals surface area contributed by atoms with Crippen LogP contribution in [0.25, 0.3) is 0 Å². The number of carbonyl (C=O) groups excluding carboxylic acids is 1. The number of nitrogens with zero attached hydrogens (tertiary/aromatic N) is 3. The van der Waals surface area contributed by atoms with Crippen molar-refractivity contribution < 1.29 is 4.79 Å². The van der Waals surface area contributed by atoms with Crippen molar-refractivity contribution in [2.45, 2.75) is 18.5 Å². The molecule has 2 rings (SSSR count). The summed E-state index contributed by atoms with van der Waals surface area (Å²) in [5, 5.41) is 15.2. The van der Waals surface area contributed by atoms with E-state index in [4.69, 9.17) is 5.73 Å². The standard InChI is InChI=1S/C5H8N6O/c6-2-1-3(2)7-5(12)4-8-10-11-9-4/h2-3H,1,6H2,(H,7,12)(H,8,9,10,11). The zero-order valence-electron chi connectivity index (χ0n) is 6.19. The highest BCUT2D eigenvalue weighted by Gasteiger charge is 2.35. The number of hydrogen-bond acceptors (Lipinski definition) is 5. The molecule has 7 heteroatoms. The van der Waals surface area contributed by atoms with Crippen molar-refractivity contribution in [3.8, 4) is 0 Å². The molecular formula is C5H8N6O. The Morgan fingerprint density at radius 1 is 1.75 bits per heavy atom. The second-order valence-corrected chi connectivity index (χ2v) is 2.71. The number of H-pyrrole nitrogens is 1. The molecule has 0 radical (unpaired) electrons. The molecule has 0 aromatic carbocycles. The van der Waals surface area contributed by atoms with E-state index in [9.17, 15) is 4.79 Å². The summed E-state index contributed by atoms with van der Waals surface area (Å²) in [6, 6.07) is 0.164. The lowest BCUT2D eigenvalue weighted by Gasteiger charge is -1.96. The smallest absolute Gasteiger partial charge is 0.293 e. The van der Waals surface area contributed by atoms with Gasteiger partial charge in [-0.1, -0.05) is 0 Å². The highest BCUT2D eigenvalue weighted by molar-refractivity contribution is 5.90. The molecule has 0 bridgehead atoms. The Labute approximate surface area is 67.7 Å². The fourth-order valence-corrected chi connectivity index (χ4v) is 0.872. The van der Waals surface area contributed by atoms with Crippen molar-refractivity contribution in [3.63, 3.8) is 0 Å². The van der Waals surface area contributed by atoms with Crippen LogP contribution in [0.5, 0.6) is 0 Å². The lowest BCUT2D eigenvalue weighted by molar-refractivity contribution is 0.0940. The predicted molar refractivity (Wildman–Crippen MR) is 38.0 cm³/mol. The zero-order chi connectivity index (χ0) is 8.55. The zero-order valence-corrected chi connectivity index (χ0v) is 6.19. The minimum absolute atomic E-state index is 0.0501. The lowest BCUT2D eigenvalue weighted by atomic mass is 10.5. The van der Waals surface area contributed by atoms with E-state index in [0.29, 0.717) is 0 Å². The maximum absolute atomic E-state index is 11.2. The Kier molecular flexibility index (Phi) is 1.51. The molecule has 64 valence electrons. The molecule has 1 fully saturated rings. The van der Waals surface area contributed by atoms with Crippen LogP contribution >= 0.6 is 0 Å². The van der Waals surface area contributed by atoms with E-state index < -0.39 is 0 Å². The van der Waals surface area contributed by atoms with Gasteiger partial charge in [0.1, 0.15) is 0 Å². The van der Waals surface area contributed by atoms with E-state index in [1.165, 1.54) is 0 Å². The number of hydrogen-bond donors (Lipinski definition) is 3. The Balaban J connectivity index is 1.93. The van der Waals surface area contributed by atoms with E-state index in [0.717, 1.165) is 6.42 Å². The molecule has 1 aromatic heterocycles. The van der Waals surface area contributed by atoms with Crippen LogP contribution in [0.4, 0.5) is 0 Å². The summed E-state index contributed by atoms with van der Waals surface area (Å²) < 4.78 is 0. The van der Waals surface area contributed by atoms with Gasteiger partial charge in [-0.2, -0.15) is 5.21 Å². The van der Waals surface area contributed by atoms with Gasteiger partial charge in [-0.15, -0.1) is 10.2 Å². The third-order valence-corrected chi connectivity index (χ3v) is 1.70. The third-order valence-electron chi connectivity index (χ3n) is 1.70. The first-order chi connectivity index (χ1) is 5.77. The number of amides is 1. The van der Waals surface area contributed by atoms with Crippen molar-refractivity contribution in [2.24, 2.45) is 5.73 Å². The molecule has 12 heavy (non-hydrogen) atoms. The van der Waals surface area contributed by atoms with Crippen LogP contribution < -0.4 is 11.1 Å². The van der Waals surface area contributed by atoms with Crippen molar-refractivity contribution in [3.05, 3.63) is 5.82 Å². The van der Waals surface area contributed by atoms with Gasteiger partial charge in [-0.25, -0.2) is 0 Å². The summed E-state index contributed by atoms with van der Waals surface area (Å²) in [7, 11) is 0. The largest absolute Gasteiger partial charge is 0.345 e. The van der Waals surface area contributed by atoms with Crippen LogP contribution in [0, 0.1) is 0 Å². The molecule has 0 spiro atoms. The Morgan fingerprint density at radius 2 is 2.50 bits per heavy atom. The number of nitrogens with one attached hydrogen (secondary N) is 2. The first-order valence-electron chi connectivity index (χ1n) is 3.57. The van der Waals surface area contributed by atoms with E-state index in [-0.39, 0.29) is 23.8 Å². The number of aromatic amines is 1. The second kappa shape index (κ2) is 2.52. The van der Waals surface area contributed by atoms with Gasteiger partial charge in [-0.3, -0.25) is 4.79 Å². The average molecular weight is 168 g/mol. The Hall–Kier alpha value is -1.50. The fraction of sp³-hybridized carbons (Fsp3) is 0.600. The molecule has 7 nitrogen and oxygen atoms in total. The number of nitrogens with two attached hydrogens (primary N) is 1. The van der Waals surface area contributed by atoms with Crippen LogP contribution in [-0.2, 0) is 0 Å². The number of rotatable bonds is 2. The number of tetrazole rings is 1. The van der Waals surface area contributed by atoms with Gasteiger partial charge in [0.15, 0.2) is 0 Å². The van der Waals surface area contributed by atoms with Crippen molar-refractivity contribution in [1.29, 1.82) is 0 Å². The average Bonchev–Trinajstić information content (AvgIpc) is 2.58. The van der Waals surface area contributed by atoms with Gasteiger partial charge in [0.05, 0.1) is 0 Å². The lowest BCUT2D eigenvalue weighted by Crippen LogP contribution is -2.30. The van der Waals surface area contributed by atoms with Crippen LogP contribution in [0.15, 0.2) is 0 Å². The molecule has 1 aliphatic rings. The molecular weight excluding hydrogens is 160 g/mol. The first-order valence-corrected chi connectivity index (χ1v) is 3.57. The van der Waals surface area contributed by atoms with Gasteiger partial charge >= 0.3 is 0 Å². The van der Waals surface area contributed by atoms with E-state index in [2.05, 4.69) is 25.9 Å². The minimum atomic E-state index is -0.332. The maximum atomic E-state index is 11.2. The third kappa shape index (κ3) is 1.26. The Morgan fingerprint density at radius 3 is 3.00 bits per heavy atom. The highest BCUT2D eigenvalue weighted by atomic mass is 16.2. The van der Waals surface area contributed by atoms with Gasteiger partial charge in [0, 0.05) is 12.1 Å². The van der Waals surface area contributed by atoms with Gasteiger partial charge in [0.25, 0.3) is 11.7 Å². The van der Waals surface area contributed by atoms with Crippen molar-refractivity contribution in [1.82, 2.24) is 25.9 Å². The molecule has 1 aromatic rings. The first kappa shape index (κ1) is 7.17. The Bertz CT molecular complexity index is 282. The fourth-order valence-electron chi connectivity index (χ4n) is 0.872. The molecule has 1 aliphatic carbocycles. The normalized spacial score (nSPS) is 26.8. The SMILES string of the molecule is NC1CC1NC(=O)c1nn[nH]n1. The summed E-state index contributed by atoms with van der Waals surface area (Å²) in [6.45, 7) is 0. The second-order valence-electron chi connectivity index (χ2n) is 2.71. The topological polar surface area (TPSA) is 110 Å².